The van der Waals surface area contributed by atoms with E-state index in [-0.39, 0.29) is 11.2 Å². The third-order valence-electron chi connectivity index (χ3n) is 4.35. The van der Waals surface area contributed by atoms with Crippen molar-refractivity contribution in [3.63, 3.8) is 0 Å². The van der Waals surface area contributed by atoms with Gasteiger partial charge in [0.15, 0.2) is 5.65 Å². The van der Waals surface area contributed by atoms with Crippen molar-refractivity contribution in [3.05, 3.63) is 71.1 Å². The van der Waals surface area contributed by atoms with Crippen molar-refractivity contribution in [1.29, 1.82) is 0 Å². The Morgan fingerprint density at radius 3 is 2.69 bits per heavy atom. The van der Waals surface area contributed by atoms with Gasteiger partial charge in [0.25, 0.3) is 5.91 Å². The molecule has 0 aliphatic heterocycles. The van der Waals surface area contributed by atoms with Crippen LogP contribution in [0, 0.1) is 6.92 Å². The molecule has 9 heteroatoms. The van der Waals surface area contributed by atoms with E-state index in [1.54, 1.807) is 23.0 Å². The highest BCUT2D eigenvalue weighted by atomic mass is 35.5. The van der Waals surface area contributed by atoms with Crippen molar-refractivity contribution < 1.29 is 9.63 Å². The van der Waals surface area contributed by atoms with E-state index in [1.165, 1.54) is 7.11 Å². The lowest BCUT2D eigenvalue weighted by atomic mass is 10.1. The third kappa shape index (κ3) is 3.75. The summed E-state index contributed by atoms with van der Waals surface area (Å²) in [6.45, 7) is 1.92. The van der Waals surface area contributed by atoms with Crippen LogP contribution in [0.1, 0.15) is 15.9 Å². The molecule has 2 aromatic carbocycles. The van der Waals surface area contributed by atoms with Crippen LogP contribution in [0.3, 0.4) is 0 Å². The number of para-hydroxylation sites is 1. The zero-order valence-electron chi connectivity index (χ0n) is 15.7. The lowest BCUT2D eigenvalue weighted by Gasteiger charge is -2.12. The second-order valence-corrected chi connectivity index (χ2v) is 6.60. The number of hydrogen-bond acceptors (Lipinski definition) is 6. The van der Waals surface area contributed by atoms with Crippen LogP contribution in [0.15, 0.2) is 54.7 Å². The van der Waals surface area contributed by atoms with E-state index in [0.717, 1.165) is 11.3 Å². The molecule has 4 aromatic rings. The number of aryl methyl sites for hydroxylation is 1. The zero-order valence-corrected chi connectivity index (χ0v) is 16.4. The SMILES string of the molecule is CONC(=O)c1ccc(C)c(Nc2nc(Cl)nc3c2cnn3-c2ccccc2)c1. The highest BCUT2D eigenvalue weighted by Crippen LogP contribution is 2.28. The van der Waals surface area contributed by atoms with E-state index in [9.17, 15) is 4.79 Å². The number of hydrogen-bond donors (Lipinski definition) is 2. The van der Waals surface area contributed by atoms with Crippen LogP contribution in [0.2, 0.25) is 5.28 Å². The van der Waals surface area contributed by atoms with E-state index in [4.69, 9.17) is 16.4 Å². The summed E-state index contributed by atoms with van der Waals surface area (Å²) in [4.78, 5) is 25.4. The quantitative estimate of drug-likeness (QED) is 0.385. The van der Waals surface area contributed by atoms with E-state index >= 15 is 0 Å². The van der Waals surface area contributed by atoms with Gasteiger partial charge in [-0.3, -0.25) is 9.63 Å². The van der Waals surface area contributed by atoms with Crippen molar-refractivity contribution >= 4 is 40.0 Å². The predicted molar refractivity (Wildman–Crippen MR) is 111 cm³/mol. The maximum absolute atomic E-state index is 12.1. The smallest absolute Gasteiger partial charge is 0.274 e. The summed E-state index contributed by atoms with van der Waals surface area (Å²) in [5.41, 5.74) is 5.81. The maximum atomic E-state index is 12.1. The second kappa shape index (κ2) is 7.86. The molecule has 1 amide bonds. The first-order chi connectivity index (χ1) is 14.1. The standard InChI is InChI=1S/C20H17ClN6O2/c1-12-8-9-13(19(28)26-29-2)10-16(12)23-17-15-11-22-27(14-6-4-3-5-7-14)18(15)25-20(21)24-17/h3-11H,1-2H3,(H,26,28)(H,23,24,25). The molecule has 0 atom stereocenters. The van der Waals surface area contributed by atoms with Crippen LogP contribution in [0.25, 0.3) is 16.7 Å². The Balaban J connectivity index is 1.77. The largest absolute Gasteiger partial charge is 0.339 e. The van der Waals surface area contributed by atoms with Crippen molar-refractivity contribution in [3.8, 4) is 5.69 Å². The average molecular weight is 409 g/mol. The summed E-state index contributed by atoms with van der Waals surface area (Å²) in [7, 11) is 1.38. The number of aromatic nitrogens is 4. The first-order valence-electron chi connectivity index (χ1n) is 8.74. The number of benzene rings is 2. The van der Waals surface area contributed by atoms with Gasteiger partial charge in [-0.25, -0.2) is 10.2 Å². The summed E-state index contributed by atoms with van der Waals surface area (Å²) in [6, 6.07) is 14.9. The van der Waals surface area contributed by atoms with Crippen LogP contribution < -0.4 is 10.8 Å². The average Bonchev–Trinajstić information content (AvgIpc) is 3.14. The van der Waals surface area contributed by atoms with Crippen molar-refractivity contribution in [2.24, 2.45) is 0 Å². The molecule has 2 aromatic heterocycles. The fraction of sp³-hybridized carbons (Fsp3) is 0.100. The van der Waals surface area contributed by atoms with Crippen molar-refractivity contribution in [1.82, 2.24) is 25.2 Å². The van der Waals surface area contributed by atoms with Crippen molar-refractivity contribution in [2.45, 2.75) is 6.92 Å². The van der Waals surface area contributed by atoms with Crippen LogP contribution in [0.5, 0.6) is 0 Å². The molecule has 0 spiro atoms. The summed E-state index contributed by atoms with van der Waals surface area (Å²) in [6.07, 6.45) is 1.68. The number of halogens is 1. The second-order valence-electron chi connectivity index (χ2n) is 6.26. The van der Waals surface area contributed by atoms with Crippen LogP contribution in [-0.2, 0) is 4.84 Å². The summed E-state index contributed by atoms with van der Waals surface area (Å²) < 4.78 is 1.70. The lowest BCUT2D eigenvalue weighted by molar-refractivity contribution is 0.0537. The molecule has 146 valence electrons. The molecular formula is C20H17ClN6O2. The monoisotopic (exact) mass is 408 g/mol. The van der Waals surface area contributed by atoms with Gasteiger partial charge in [-0.15, -0.1) is 0 Å². The van der Waals surface area contributed by atoms with Crippen LogP contribution >= 0.6 is 11.6 Å². The first-order valence-corrected chi connectivity index (χ1v) is 9.12. The number of amides is 1. The molecule has 0 saturated carbocycles. The minimum Gasteiger partial charge on any atom is -0.339 e. The molecule has 8 nitrogen and oxygen atoms in total. The number of carbonyl (C=O) groups is 1. The normalized spacial score (nSPS) is 10.9. The van der Waals surface area contributed by atoms with Gasteiger partial charge in [0.2, 0.25) is 5.28 Å². The Kier molecular flexibility index (Phi) is 5.11. The Bertz CT molecular complexity index is 1190. The lowest BCUT2D eigenvalue weighted by Crippen LogP contribution is -2.21. The molecule has 0 bridgehead atoms. The number of nitrogens with one attached hydrogen (secondary N) is 2. The molecule has 4 rings (SSSR count). The molecule has 0 fully saturated rings. The minimum atomic E-state index is -0.349. The molecule has 29 heavy (non-hydrogen) atoms. The molecule has 0 saturated heterocycles. The van der Waals surface area contributed by atoms with Gasteiger partial charge in [-0.2, -0.15) is 15.1 Å². The molecule has 2 N–H and O–H groups in total. The summed E-state index contributed by atoms with van der Waals surface area (Å²) >= 11 is 6.19. The fourth-order valence-electron chi connectivity index (χ4n) is 2.91. The van der Waals surface area contributed by atoms with Gasteiger partial charge in [-0.1, -0.05) is 24.3 Å². The maximum Gasteiger partial charge on any atom is 0.274 e. The van der Waals surface area contributed by atoms with E-state index < -0.39 is 0 Å². The van der Waals surface area contributed by atoms with Crippen LogP contribution in [-0.4, -0.2) is 32.8 Å². The van der Waals surface area contributed by atoms with Gasteiger partial charge in [0, 0.05) is 11.3 Å². The van der Waals surface area contributed by atoms with Crippen LogP contribution in [0.4, 0.5) is 11.5 Å². The zero-order chi connectivity index (χ0) is 20.4. The molecular weight excluding hydrogens is 392 g/mol. The Hall–Kier alpha value is -3.49. The number of carbonyl (C=O) groups excluding carboxylic acids is 1. The number of anilines is 2. The highest BCUT2D eigenvalue weighted by molar-refractivity contribution is 6.28. The summed E-state index contributed by atoms with van der Waals surface area (Å²) in [5.74, 6) is 0.146. The Morgan fingerprint density at radius 1 is 1.14 bits per heavy atom. The number of fused-ring (bicyclic) bond motifs is 1. The number of rotatable bonds is 5. The summed E-state index contributed by atoms with van der Waals surface area (Å²) in [5, 5.41) is 8.47. The van der Waals surface area contributed by atoms with Gasteiger partial charge >= 0.3 is 0 Å². The highest BCUT2D eigenvalue weighted by Gasteiger charge is 2.15. The van der Waals surface area contributed by atoms with E-state index in [2.05, 4.69) is 25.9 Å². The third-order valence-corrected chi connectivity index (χ3v) is 4.52. The van der Waals surface area contributed by atoms with E-state index in [1.807, 2.05) is 43.3 Å². The number of hydroxylamine groups is 1. The van der Waals surface area contributed by atoms with Gasteiger partial charge in [-0.05, 0) is 48.4 Å². The Morgan fingerprint density at radius 2 is 1.93 bits per heavy atom. The first kappa shape index (κ1) is 18.9. The van der Waals surface area contributed by atoms with E-state index in [0.29, 0.717) is 28.1 Å². The van der Waals surface area contributed by atoms with Crippen molar-refractivity contribution in [2.75, 3.05) is 12.4 Å². The molecule has 0 unspecified atom stereocenters. The van der Waals surface area contributed by atoms with Gasteiger partial charge in [0.05, 0.1) is 24.4 Å². The van der Waals surface area contributed by atoms with Gasteiger partial charge < -0.3 is 5.32 Å². The topological polar surface area (TPSA) is 94.0 Å². The molecule has 0 aliphatic carbocycles. The fourth-order valence-corrected chi connectivity index (χ4v) is 3.08. The predicted octanol–water partition coefficient (Wildman–Crippen LogP) is 3.81. The Labute approximate surface area is 171 Å². The number of nitrogens with zero attached hydrogens (tertiary/aromatic N) is 4. The van der Waals surface area contributed by atoms with Gasteiger partial charge in [0.1, 0.15) is 5.82 Å². The molecule has 0 aliphatic rings. The molecule has 0 radical (unpaired) electrons. The molecule has 2 heterocycles. The minimum absolute atomic E-state index is 0.0867.